The molecule has 0 fully saturated rings. The minimum absolute atomic E-state index is 0.0968. The van der Waals surface area contributed by atoms with Crippen molar-refractivity contribution in [1.82, 2.24) is 4.57 Å². The predicted molar refractivity (Wildman–Crippen MR) is 101 cm³/mol. The largest absolute Gasteiger partial charge is 0.496 e. The van der Waals surface area contributed by atoms with Gasteiger partial charge in [0.15, 0.2) is 11.5 Å². The topological polar surface area (TPSA) is 78.8 Å². The van der Waals surface area contributed by atoms with Crippen molar-refractivity contribution >= 4 is 22.4 Å². The number of pyridine rings is 1. The molecule has 1 aromatic heterocycles. The fourth-order valence-corrected chi connectivity index (χ4v) is 3.07. The van der Waals surface area contributed by atoms with Crippen LogP contribution in [-0.4, -0.2) is 30.8 Å². The van der Waals surface area contributed by atoms with Crippen molar-refractivity contribution in [2.45, 2.75) is 6.54 Å². The molecule has 0 spiro atoms. The number of rotatable bonds is 4. The van der Waals surface area contributed by atoms with Crippen LogP contribution in [0.1, 0.15) is 0 Å². The van der Waals surface area contributed by atoms with Crippen molar-refractivity contribution in [3.63, 3.8) is 0 Å². The van der Waals surface area contributed by atoms with Gasteiger partial charge in [0, 0.05) is 23.3 Å². The summed E-state index contributed by atoms with van der Waals surface area (Å²) in [6.07, 6.45) is 1.59. The molecule has 4 rings (SSSR count). The zero-order chi connectivity index (χ0) is 18.8. The maximum absolute atomic E-state index is 12.7. The second kappa shape index (κ2) is 7.03. The van der Waals surface area contributed by atoms with E-state index in [1.807, 2.05) is 0 Å². The maximum atomic E-state index is 12.7. The maximum Gasteiger partial charge on any atom is 0.259 e. The molecule has 0 saturated carbocycles. The Bertz CT molecular complexity index is 1070. The van der Waals surface area contributed by atoms with Gasteiger partial charge in [0.05, 0.1) is 12.5 Å². The molecule has 0 aliphatic carbocycles. The number of nitrogens with zero attached hydrogens (tertiary/aromatic N) is 1. The molecule has 0 unspecified atom stereocenters. The Morgan fingerprint density at radius 1 is 1.11 bits per heavy atom. The summed E-state index contributed by atoms with van der Waals surface area (Å²) in [5, 5.41) is 4.00. The van der Waals surface area contributed by atoms with Crippen LogP contribution in [-0.2, 0) is 11.3 Å². The van der Waals surface area contributed by atoms with Crippen LogP contribution < -0.4 is 25.1 Å². The van der Waals surface area contributed by atoms with Gasteiger partial charge in [-0.05, 0) is 30.3 Å². The Labute approximate surface area is 155 Å². The number of hydrogen-bond acceptors (Lipinski definition) is 5. The summed E-state index contributed by atoms with van der Waals surface area (Å²) in [5.41, 5.74) is 0.337. The van der Waals surface area contributed by atoms with Gasteiger partial charge in [-0.25, -0.2) is 0 Å². The molecule has 7 heteroatoms. The number of fused-ring (bicyclic) bond motifs is 2. The van der Waals surface area contributed by atoms with Crippen LogP contribution in [0.15, 0.2) is 53.5 Å². The summed E-state index contributed by atoms with van der Waals surface area (Å²) < 4.78 is 17.6. The molecule has 2 aromatic carbocycles. The number of anilines is 1. The summed E-state index contributed by atoms with van der Waals surface area (Å²) in [6, 6.07) is 12.2. The van der Waals surface area contributed by atoms with Crippen molar-refractivity contribution in [1.29, 1.82) is 0 Å². The lowest BCUT2D eigenvalue weighted by molar-refractivity contribution is -0.116. The number of amides is 1. The van der Waals surface area contributed by atoms with Crippen LogP contribution in [0.2, 0.25) is 0 Å². The van der Waals surface area contributed by atoms with E-state index >= 15 is 0 Å². The molecule has 1 amide bonds. The van der Waals surface area contributed by atoms with E-state index in [0.717, 1.165) is 0 Å². The van der Waals surface area contributed by atoms with E-state index in [1.165, 1.54) is 4.57 Å². The standard InChI is InChI=1S/C20H18N2O5/c1-25-16-4-2-3-15-14(16)7-8-22(20(15)24)12-19(23)21-13-5-6-17-18(11-13)27-10-9-26-17/h2-8,11H,9-10,12H2,1H3,(H,21,23). The Morgan fingerprint density at radius 3 is 2.74 bits per heavy atom. The number of methoxy groups -OCH3 is 1. The summed E-state index contributed by atoms with van der Waals surface area (Å²) in [4.78, 5) is 25.1. The average molecular weight is 366 g/mol. The minimum atomic E-state index is -0.309. The van der Waals surface area contributed by atoms with Crippen molar-refractivity contribution in [2.75, 3.05) is 25.6 Å². The van der Waals surface area contributed by atoms with Gasteiger partial charge in [0.25, 0.3) is 5.56 Å². The van der Waals surface area contributed by atoms with Gasteiger partial charge in [-0.3, -0.25) is 9.59 Å². The fraction of sp³-hybridized carbons (Fsp3) is 0.200. The number of benzene rings is 2. The van der Waals surface area contributed by atoms with E-state index in [2.05, 4.69) is 5.32 Å². The van der Waals surface area contributed by atoms with Gasteiger partial charge in [-0.15, -0.1) is 0 Å². The minimum Gasteiger partial charge on any atom is -0.496 e. The van der Waals surface area contributed by atoms with E-state index in [0.29, 0.717) is 46.9 Å². The van der Waals surface area contributed by atoms with Crippen molar-refractivity contribution < 1.29 is 19.0 Å². The smallest absolute Gasteiger partial charge is 0.259 e. The normalized spacial score (nSPS) is 12.6. The van der Waals surface area contributed by atoms with E-state index in [9.17, 15) is 9.59 Å². The zero-order valence-electron chi connectivity index (χ0n) is 14.7. The third kappa shape index (κ3) is 3.31. The van der Waals surface area contributed by atoms with E-state index in [4.69, 9.17) is 14.2 Å². The fourth-order valence-electron chi connectivity index (χ4n) is 3.07. The van der Waals surface area contributed by atoms with Crippen LogP contribution in [0.4, 0.5) is 5.69 Å². The number of nitrogens with one attached hydrogen (secondary N) is 1. The molecule has 138 valence electrons. The van der Waals surface area contributed by atoms with E-state index < -0.39 is 0 Å². The molecule has 3 aromatic rings. The number of aromatic nitrogens is 1. The number of carbonyl (C=O) groups is 1. The number of hydrogen-bond donors (Lipinski definition) is 1. The highest BCUT2D eigenvalue weighted by atomic mass is 16.6. The second-order valence-corrected chi connectivity index (χ2v) is 6.08. The second-order valence-electron chi connectivity index (χ2n) is 6.08. The van der Waals surface area contributed by atoms with Gasteiger partial charge in [-0.2, -0.15) is 0 Å². The molecule has 1 aliphatic rings. The van der Waals surface area contributed by atoms with Gasteiger partial charge >= 0.3 is 0 Å². The molecule has 0 bridgehead atoms. The SMILES string of the molecule is COc1cccc2c(=O)n(CC(=O)Nc3ccc4c(c3)OCCO4)ccc12. The van der Waals surface area contributed by atoms with Crippen LogP contribution in [0.25, 0.3) is 10.8 Å². The first kappa shape index (κ1) is 17.0. The lowest BCUT2D eigenvalue weighted by Gasteiger charge is -2.19. The monoisotopic (exact) mass is 366 g/mol. The summed E-state index contributed by atoms with van der Waals surface area (Å²) in [6.45, 7) is 0.884. The molecule has 0 radical (unpaired) electrons. The summed E-state index contributed by atoms with van der Waals surface area (Å²) in [5.74, 6) is 1.56. The molecule has 0 atom stereocenters. The Kier molecular flexibility index (Phi) is 4.42. The molecule has 27 heavy (non-hydrogen) atoms. The molecular formula is C20H18N2O5. The van der Waals surface area contributed by atoms with E-state index in [-0.39, 0.29) is 18.0 Å². The van der Waals surface area contributed by atoms with Gasteiger partial charge < -0.3 is 24.1 Å². The Morgan fingerprint density at radius 2 is 1.93 bits per heavy atom. The first-order valence-corrected chi connectivity index (χ1v) is 8.51. The quantitative estimate of drug-likeness (QED) is 0.767. The predicted octanol–water partition coefficient (Wildman–Crippen LogP) is 2.42. The highest BCUT2D eigenvalue weighted by Crippen LogP contribution is 2.32. The van der Waals surface area contributed by atoms with Crippen molar-refractivity contribution in [2.24, 2.45) is 0 Å². The van der Waals surface area contributed by atoms with Gasteiger partial charge in [0.1, 0.15) is 25.5 Å². The van der Waals surface area contributed by atoms with Gasteiger partial charge in [-0.1, -0.05) is 6.07 Å². The Hall–Kier alpha value is -3.48. The van der Waals surface area contributed by atoms with Crippen LogP contribution in [0.5, 0.6) is 17.2 Å². The molecule has 1 aliphatic heterocycles. The molecule has 1 N–H and O–H groups in total. The lowest BCUT2D eigenvalue weighted by atomic mass is 10.1. The highest BCUT2D eigenvalue weighted by molar-refractivity contribution is 5.92. The third-order valence-corrected chi connectivity index (χ3v) is 4.34. The summed E-state index contributed by atoms with van der Waals surface area (Å²) in [7, 11) is 1.56. The molecule has 2 heterocycles. The number of carbonyl (C=O) groups excluding carboxylic acids is 1. The first-order valence-electron chi connectivity index (χ1n) is 8.51. The third-order valence-electron chi connectivity index (χ3n) is 4.34. The lowest BCUT2D eigenvalue weighted by Crippen LogP contribution is -2.27. The molecule has 7 nitrogen and oxygen atoms in total. The highest BCUT2D eigenvalue weighted by Gasteiger charge is 2.14. The Balaban J connectivity index is 1.55. The average Bonchev–Trinajstić information content (AvgIpc) is 2.69. The number of ether oxygens (including phenoxy) is 3. The van der Waals surface area contributed by atoms with Crippen LogP contribution in [0, 0.1) is 0 Å². The molecular weight excluding hydrogens is 348 g/mol. The van der Waals surface area contributed by atoms with Crippen molar-refractivity contribution in [3.05, 3.63) is 59.0 Å². The van der Waals surface area contributed by atoms with Crippen molar-refractivity contribution in [3.8, 4) is 17.2 Å². The summed E-state index contributed by atoms with van der Waals surface area (Å²) >= 11 is 0. The van der Waals surface area contributed by atoms with Crippen LogP contribution in [0.3, 0.4) is 0 Å². The first-order chi connectivity index (χ1) is 13.2. The van der Waals surface area contributed by atoms with E-state index in [1.54, 1.807) is 55.8 Å². The van der Waals surface area contributed by atoms with Gasteiger partial charge in [0.2, 0.25) is 5.91 Å². The van der Waals surface area contributed by atoms with Crippen LogP contribution >= 0.6 is 0 Å². The molecule has 0 saturated heterocycles. The zero-order valence-corrected chi connectivity index (χ0v) is 14.7.